The molecule has 0 saturated heterocycles. The molecule has 0 saturated carbocycles. The third kappa shape index (κ3) is 3.16. The fourth-order valence-electron chi connectivity index (χ4n) is 1.25. The zero-order chi connectivity index (χ0) is 14.8. The zero-order valence-corrected chi connectivity index (χ0v) is 10.4. The molecule has 0 spiro atoms. The maximum Gasteiger partial charge on any atom is 0.417 e. The van der Waals surface area contributed by atoms with Crippen molar-refractivity contribution in [2.24, 2.45) is 0 Å². The van der Waals surface area contributed by atoms with E-state index in [0.29, 0.717) is 6.92 Å². The predicted octanol–water partition coefficient (Wildman–Crippen LogP) is 2.97. The van der Waals surface area contributed by atoms with E-state index in [-0.39, 0.29) is 10.6 Å². The quantitative estimate of drug-likeness (QED) is 0.840. The minimum atomic E-state index is -5.02. The van der Waals surface area contributed by atoms with Crippen molar-refractivity contribution >= 4 is 17.6 Å². The Morgan fingerprint density at radius 2 is 2.00 bits per heavy atom. The highest BCUT2D eigenvalue weighted by Gasteiger charge is 2.57. The lowest BCUT2D eigenvalue weighted by Crippen LogP contribution is -2.59. The van der Waals surface area contributed by atoms with Gasteiger partial charge < -0.3 is 5.11 Å². The first kappa shape index (κ1) is 15.7. The van der Waals surface area contributed by atoms with Crippen LogP contribution in [0.3, 0.4) is 0 Å². The summed E-state index contributed by atoms with van der Waals surface area (Å²) in [5.74, 6) is -2.98. The molecule has 0 aliphatic heterocycles. The Balaban J connectivity index is 2.96. The van der Waals surface area contributed by atoms with Gasteiger partial charge in [0.2, 0.25) is 5.54 Å². The van der Waals surface area contributed by atoms with E-state index in [1.807, 2.05) is 0 Å². The largest absolute Gasteiger partial charge is 0.480 e. The lowest BCUT2D eigenvalue weighted by atomic mass is 10.0. The number of rotatable bonds is 4. The molecule has 1 aromatic rings. The van der Waals surface area contributed by atoms with Crippen molar-refractivity contribution in [3.8, 4) is 0 Å². The Labute approximate surface area is 111 Å². The molecular weight excluding hydrogens is 290 g/mol. The molecule has 1 unspecified atom stereocenters. The third-order valence-electron chi connectivity index (χ3n) is 2.66. The summed E-state index contributed by atoms with van der Waals surface area (Å²) in [5.41, 5.74) is -3.31. The lowest BCUT2D eigenvalue weighted by molar-refractivity contribution is -0.206. The van der Waals surface area contributed by atoms with Gasteiger partial charge in [0.15, 0.2) is 0 Å². The SMILES string of the molecule is CC(NCc1cccc(Cl)c1F)(C(=O)O)C(F)(F)F. The van der Waals surface area contributed by atoms with Crippen molar-refractivity contribution in [3.63, 3.8) is 0 Å². The summed E-state index contributed by atoms with van der Waals surface area (Å²) in [7, 11) is 0. The minimum Gasteiger partial charge on any atom is -0.480 e. The highest BCUT2D eigenvalue weighted by molar-refractivity contribution is 6.30. The van der Waals surface area contributed by atoms with Crippen LogP contribution < -0.4 is 5.32 Å². The van der Waals surface area contributed by atoms with Gasteiger partial charge in [-0.2, -0.15) is 13.2 Å². The summed E-state index contributed by atoms with van der Waals surface area (Å²) < 4.78 is 51.5. The van der Waals surface area contributed by atoms with E-state index in [9.17, 15) is 22.4 Å². The summed E-state index contributed by atoms with van der Waals surface area (Å²) in [6.07, 6.45) is -5.02. The second-order valence-electron chi connectivity index (χ2n) is 3.99. The summed E-state index contributed by atoms with van der Waals surface area (Å²) in [4.78, 5) is 10.7. The molecule has 0 aliphatic carbocycles. The molecule has 0 aromatic heterocycles. The fourth-order valence-corrected chi connectivity index (χ4v) is 1.45. The maximum absolute atomic E-state index is 13.5. The van der Waals surface area contributed by atoms with E-state index in [0.717, 1.165) is 0 Å². The van der Waals surface area contributed by atoms with Crippen LogP contribution in [0.15, 0.2) is 18.2 Å². The van der Waals surface area contributed by atoms with Gasteiger partial charge in [0.05, 0.1) is 5.02 Å². The molecule has 0 heterocycles. The average Bonchev–Trinajstić information content (AvgIpc) is 2.28. The van der Waals surface area contributed by atoms with Crippen molar-refractivity contribution in [1.82, 2.24) is 5.32 Å². The van der Waals surface area contributed by atoms with Crippen molar-refractivity contribution in [3.05, 3.63) is 34.6 Å². The van der Waals surface area contributed by atoms with Crippen LogP contribution in [-0.2, 0) is 11.3 Å². The van der Waals surface area contributed by atoms with E-state index >= 15 is 0 Å². The van der Waals surface area contributed by atoms with Gasteiger partial charge in [-0.3, -0.25) is 5.32 Å². The van der Waals surface area contributed by atoms with Gasteiger partial charge in [0.25, 0.3) is 0 Å². The predicted molar refractivity (Wildman–Crippen MR) is 60.3 cm³/mol. The number of carboxylic acid groups (broad SMARTS) is 1. The van der Waals surface area contributed by atoms with E-state index < -0.39 is 30.0 Å². The third-order valence-corrected chi connectivity index (χ3v) is 2.95. The molecule has 0 radical (unpaired) electrons. The van der Waals surface area contributed by atoms with Gasteiger partial charge in [-0.15, -0.1) is 0 Å². The average molecular weight is 300 g/mol. The molecular formula is C11H10ClF4NO2. The van der Waals surface area contributed by atoms with Crippen LogP contribution in [0.5, 0.6) is 0 Å². The standard InChI is InChI=1S/C11H10ClF4NO2/c1-10(9(18)19,11(14,15)16)17-5-6-3-2-4-7(12)8(6)13/h2-4,17H,5H2,1H3,(H,18,19). The first-order valence-corrected chi connectivity index (χ1v) is 5.45. The second-order valence-corrected chi connectivity index (χ2v) is 4.40. The molecule has 1 aromatic carbocycles. The summed E-state index contributed by atoms with van der Waals surface area (Å²) in [6.45, 7) is -0.146. The fraction of sp³-hybridized carbons (Fsp3) is 0.364. The van der Waals surface area contributed by atoms with Crippen molar-refractivity contribution in [2.45, 2.75) is 25.2 Å². The highest BCUT2D eigenvalue weighted by atomic mass is 35.5. The van der Waals surface area contributed by atoms with Gasteiger partial charge in [-0.1, -0.05) is 23.7 Å². The topological polar surface area (TPSA) is 49.3 Å². The molecule has 19 heavy (non-hydrogen) atoms. The van der Waals surface area contributed by atoms with Gasteiger partial charge in [-0.05, 0) is 13.0 Å². The summed E-state index contributed by atoms with van der Waals surface area (Å²) >= 11 is 5.47. The van der Waals surface area contributed by atoms with Gasteiger partial charge >= 0.3 is 12.1 Å². The molecule has 1 atom stereocenters. The zero-order valence-electron chi connectivity index (χ0n) is 9.68. The number of aliphatic carboxylic acids is 1. The molecule has 106 valence electrons. The number of carbonyl (C=O) groups is 1. The Kier molecular flexibility index (Phi) is 4.42. The Bertz CT molecular complexity index is 492. The van der Waals surface area contributed by atoms with Gasteiger partial charge in [0, 0.05) is 12.1 Å². The number of benzene rings is 1. The Morgan fingerprint density at radius 3 is 2.47 bits per heavy atom. The monoisotopic (exact) mass is 299 g/mol. The van der Waals surface area contributed by atoms with Crippen LogP contribution in [0.4, 0.5) is 17.6 Å². The maximum atomic E-state index is 13.5. The normalized spacial score (nSPS) is 15.1. The van der Waals surface area contributed by atoms with Crippen molar-refractivity contribution in [2.75, 3.05) is 0 Å². The van der Waals surface area contributed by atoms with Crippen LogP contribution in [-0.4, -0.2) is 22.8 Å². The van der Waals surface area contributed by atoms with Crippen LogP contribution in [0.1, 0.15) is 12.5 Å². The molecule has 3 nitrogen and oxygen atoms in total. The molecule has 0 aliphatic rings. The van der Waals surface area contributed by atoms with Crippen molar-refractivity contribution < 1.29 is 27.5 Å². The second kappa shape index (κ2) is 5.34. The van der Waals surface area contributed by atoms with Crippen LogP contribution in [0, 0.1) is 5.82 Å². The van der Waals surface area contributed by atoms with Crippen LogP contribution >= 0.6 is 11.6 Å². The van der Waals surface area contributed by atoms with Gasteiger partial charge in [0.1, 0.15) is 5.82 Å². The molecule has 8 heteroatoms. The summed E-state index contributed by atoms with van der Waals surface area (Å²) in [5, 5.41) is 10.2. The lowest BCUT2D eigenvalue weighted by Gasteiger charge is -2.28. The smallest absolute Gasteiger partial charge is 0.417 e. The van der Waals surface area contributed by atoms with Crippen LogP contribution in [0.25, 0.3) is 0 Å². The highest BCUT2D eigenvalue weighted by Crippen LogP contribution is 2.31. The van der Waals surface area contributed by atoms with Crippen molar-refractivity contribution in [1.29, 1.82) is 0 Å². The minimum absolute atomic E-state index is 0.149. The molecule has 0 amide bonds. The van der Waals surface area contributed by atoms with E-state index in [1.165, 1.54) is 18.2 Å². The number of carboxylic acids is 1. The molecule has 2 N–H and O–H groups in total. The van der Waals surface area contributed by atoms with Gasteiger partial charge in [-0.25, -0.2) is 9.18 Å². The van der Waals surface area contributed by atoms with Crippen LogP contribution in [0.2, 0.25) is 5.02 Å². The number of alkyl halides is 3. The summed E-state index contributed by atoms with van der Waals surface area (Å²) in [6, 6.07) is 3.81. The number of hydrogen-bond donors (Lipinski definition) is 2. The van der Waals surface area contributed by atoms with E-state index in [1.54, 1.807) is 5.32 Å². The molecule has 0 bridgehead atoms. The number of nitrogens with one attached hydrogen (secondary N) is 1. The van der Waals surface area contributed by atoms with E-state index in [2.05, 4.69) is 0 Å². The Morgan fingerprint density at radius 1 is 1.42 bits per heavy atom. The number of hydrogen-bond acceptors (Lipinski definition) is 2. The van der Waals surface area contributed by atoms with E-state index in [4.69, 9.17) is 16.7 Å². The molecule has 1 rings (SSSR count). The first-order valence-electron chi connectivity index (χ1n) is 5.07. The molecule has 0 fully saturated rings. The first-order chi connectivity index (χ1) is 8.59. The Hall–Kier alpha value is -1.34. The number of halogens is 5.